The van der Waals surface area contributed by atoms with Crippen molar-refractivity contribution in [2.45, 2.75) is 30.9 Å². The van der Waals surface area contributed by atoms with Gasteiger partial charge in [-0.2, -0.15) is 0 Å². The van der Waals surface area contributed by atoms with Crippen LogP contribution in [-0.4, -0.2) is 26.8 Å². The van der Waals surface area contributed by atoms with Gasteiger partial charge in [-0.15, -0.1) is 0 Å². The number of rotatable bonds is 2. The van der Waals surface area contributed by atoms with Crippen molar-refractivity contribution in [3.05, 3.63) is 71.8 Å². The van der Waals surface area contributed by atoms with E-state index in [4.69, 9.17) is 0 Å². The molecule has 22 heavy (non-hydrogen) atoms. The van der Waals surface area contributed by atoms with Crippen molar-refractivity contribution in [3.63, 3.8) is 0 Å². The Bertz CT molecular complexity index is 684. The molecule has 2 atom stereocenters. The Kier molecular flexibility index (Phi) is 3.31. The van der Waals surface area contributed by atoms with E-state index in [0.717, 1.165) is 0 Å². The first-order valence-corrected chi connectivity index (χ1v) is 7.26. The van der Waals surface area contributed by atoms with Gasteiger partial charge in [-0.25, -0.2) is 5.06 Å². The minimum atomic E-state index is -1.53. The topological polar surface area (TPSA) is 60.8 Å². The van der Waals surface area contributed by atoms with Crippen LogP contribution in [0.5, 0.6) is 0 Å². The van der Waals surface area contributed by atoms with Crippen molar-refractivity contribution in [1.82, 2.24) is 5.06 Å². The Morgan fingerprint density at radius 3 is 2.00 bits per heavy atom. The Balaban J connectivity index is 2.25. The molecule has 4 nitrogen and oxygen atoms in total. The number of benzene rings is 2. The van der Waals surface area contributed by atoms with Crippen molar-refractivity contribution < 1.29 is 15.1 Å². The van der Waals surface area contributed by atoms with Crippen molar-refractivity contribution in [3.8, 4) is 0 Å². The summed E-state index contributed by atoms with van der Waals surface area (Å²) in [6, 6.07) is 18.1. The molecule has 0 spiro atoms. The highest BCUT2D eigenvalue weighted by Crippen LogP contribution is 2.53. The van der Waals surface area contributed by atoms with Crippen LogP contribution in [0.2, 0.25) is 0 Å². The minimum absolute atomic E-state index is 0.498. The Morgan fingerprint density at radius 1 is 0.955 bits per heavy atom. The highest BCUT2D eigenvalue weighted by Gasteiger charge is 2.64. The molecule has 1 amide bonds. The molecule has 2 aromatic rings. The first-order chi connectivity index (χ1) is 10.4. The predicted molar refractivity (Wildman–Crippen MR) is 82.2 cm³/mol. The molecule has 0 radical (unpaired) electrons. The molecule has 0 aliphatic carbocycles. The summed E-state index contributed by atoms with van der Waals surface area (Å²) in [4.78, 5) is 12.6. The van der Waals surface area contributed by atoms with E-state index in [9.17, 15) is 15.1 Å². The normalized spacial score (nSPS) is 27.2. The predicted octanol–water partition coefficient (Wildman–Crippen LogP) is 2.67. The van der Waals surface area contributed by atoms with Crippen LogP contribution in [0.15, 0.2) is 60.7 Å². The van der Waals surface area contributed by atoms with E-state index < -0.39 is 23.0 Å². The van der Waals surface area contributed by atoms with Crippen molar-refractivity contribution >= 4 is 5.91 Å². The largest absolute Gasteiger partial charge is 0.381 e. The van der Waals surface area contributed by atoms with Gasteiger partial charge in [-0.1, -0.05) is 60.7 Å². The number of carbonyl (C=O) groups is 1. The lowest BCUT2D eigenvalue weighted by Gasteiger charge is -2.40. The summed E-state index contributed by atoms with van der Waals surface area (Å²) >= 11 is 0. The fourth-order valence-electron chi connectivity index (χ4n) is 3.33. The Labute approximate surface area is 129 Å². The maximum absolute atomic E-state index is 12.6. The summed E-state index contributed by atoms with van der Waals surface area (Å²) in [6.45, 7) is 3.34. The van der Waals surface area contributed by atoms with Gasteiger partial charge in [0.1, 0.15) is 11.5 Å². The van der Waals surface area contributed by atoms with E-state index in [2.05, 4.69) is 0 Å². The van der Waals surface area contributed by atoms with E-state index in [1.165, 1.54) is 0 Å². The lowest BCUT2D eigenvalue weighted by atomic mass is 9.70. The molecule has 0 saturated carbocycles. The van der Waals surface area contributed by atoms with E-state index in [-0.39, 0.29) is 0 Å². The van der Waals surface area contributed by atoms with Crippen LogP contribution < -0.4 is 0 Å². The summed E-state index contributed by atoms with van der Waals surface area (Å²) in [6.07, 6.45) is 0. The smallest absolute Gasteiger partial charge is 0.257 e. The molecule has 1 fully saturated rings. The van der Waals surface area contributed by atoms with E-state index in [1.54, 1.807) is 38.1 Å². The van der Waals surface area contributed by atoms with Gasteiger partial charge in [-0.05, 0) is 25.0 Å². The van der Waals surface area contributed by atoms with Crippen LogP contribution >= 0.6 is 0 Å². The SMILES string of the molecule is CC1(C)N(O)C(=O)[C@H](c2ccccc2)[C@]1(O)c1ccccc1. The van der Waals surface area contributed by atoms with Crippen molar-refractivity contribution in [2.24, 2.45) is 0 Å². The Hall–Kier alpha value is -2.17. The first kappa shape index (κ1) is 14.8. The quantitative estimate of drug-likeness (QED) is 0.838. The van der Waals surface area contributed by atoms with Gasteiger partial charge in [0.25, 0.3) is 5.91 Å². The third kappa shape index (κ3) is 1.81. The standard InChI is InChI=1S/C18H19NO3/c1-17(2)18(21,14-11-7-4-8-12-14)15(16(20)19(17)22)13-9-5-3-6-10-13/h3-12,15,21-22H,1-2H3/t15-,18+/m0/s1. The first-order valence-electron chi connectivity index (χ1n) is 7.26. The average Bonchev–Trinajstić information content (AvgIpc) is 2.68. The monoisotopic (exact) mass is 297 g/mol. The fraction of sp³-hybridized carbons (Fsp3) is 0.278. The van der Waals surface area contributed by atoms with Crippen molar-refractivity contribution in [1.29, 1.82) is 0 Å². The number of aliphatic hydroxyl groups is 1. The zero-order valence-corrected chi connectivity index (χ0v) is 12.6. The lowest BCUT2D eigenvalue weighted by molar-refractivity contribution is -0.193. The molecule has 1 aliphatic heterocycles. The molecule has 114 valence electrons. The zero-order chi connectivity index (χ0) is 16.0. The number of carbonyl (C=O) groups excluding carboxylic acids is 1. The summed E-state index contributed by atoms with van der Waals surface area (Å²) in [5.41, 5.74) is -1.38. The van der Waals surface area contributed by atoms with Crippen LogP contribution in [0, 0.1) is 0 Å². The van der Waals surface area contributed by atoms with Crippen LogP contribution in [0.3, 0.4) is 0 Å². The van der Waals surface area contributed by atoms with Gasteiger partial charge in [0.05, 0.1) is 5.54 Å². The van der Waals surface area contributed by atoms with Gasteiger partial charge < -0.3 is 5.11 Å². The molecule has 0 aromatic heterocycles. The maximum atomic E-state index is 12.6. The summed E-state index contributed by atoms with van der Waals surface area (Å²) < 4.78 is 0. The molecule has 2 aromatic carbocycles. The van der Waals surface area contributed by atoms with Gasteiger partial charge in [0.2, 0.25) is 0 Å². The minimum Gasteiger partial charge on any atom is -0.381 e. The second kappa shape index (κ2) is 4.93. The second-order valence-corrected chi connectivity index (χ2v) is 6.19. The van der Waals surface area contributed by atoms with E-state index in [0.29, 0.717) is 16.2 Å². The van der Waals surface area contributed by atoms with Gasteiger partial charge >= 0.3 is 0 Å². The molecular formula is C18H19NO3. The van der Waals surface area contributed by atoms with Crippen LogP contribution in [0.25, 0.3) is 0 Å². The maximum Gasteiger partial charge on any atom is 0.257 e. The fourth-order valence-corrected chi connectivity index (χ4v) is 3.33. The number of nitrogens with zero attached hydrogens (tertiary/aromatic N) is 1. The van der Waals surface area contributed by atoms with Crippen LogP contribution in [0.4, 0.5) is 0 Å². The van der Waals surface area contributed by atoms with E-state index in [1.807, 2.05) is 36.4 Å². The number of hydrogen-bond donors (Lipinski definition) is 2. The number of hydroxylamine groups is 2. The third-order valence-electron chi connectivity index (χ3n) is 4.68. The average molecular weight is 297 g/mol. The van der Waals surface area contributed by atoms with Crippen LogP contribution in [0.1, 0.15) is 30.9 Å². The molecule has 1 saturated heterocycles. The molecule has 1 heterocycles. The van der Waals surface area contributed by atoms with Gasteiger partial charge in [-0.3, -0.25) is 10.0 Å². The molecule has 0 unspecified atom stereocenters. The highest BCUT2D eigenvalue weighted by molar-refractivity contribution is 5.89. The molecule has 2 N–H and O–H groups in total. The zero-order valence-electron chi connectivity index (χ0n) is 12.6. The summed E-state index contributed by atoms with van der Waals surface area (Å²) in [7, 11) is 0. The lowest BCUT2D eigenvalue weighted by Crippen LogP contribution is -2.52. The van der Waals surface area contributed by atoms with Crippen molar-refractivity contribution in [2.75, 3.05) is 0 Å². The molecular weight excluding hydrogens is 278 g/mol. The molecule has 1 aliphatic rings. The molecule has 3 rings (SSSR count). The summed E-state index contributed by atoms with van der Waals surface area (Å²) in [5, 5.41) is 22.5. The number of amides is 1. The Morgan fingerprint density at radius 2 is 1.45 bits per heavy atom. The molecule has 0 bridgehead atoms. The van der Waals surface area contributed by atoms with Crippen LogP contribution in [-0.2, 0) is 10.4 Å². The summed E-state index contributed by atoms with van der Waals surface area (Å²) in [5.74, 6) is -1.35. The highest BCUT2D eigenvalue weighted by atomic mass is 16.5. The number of hydrogen-bond acceptors (Lipinski definition) is 3. The second-order valence-electron chi connectivity index (χ2n) is 6.19. The van der Waals surface area contributed by atoms with Gasteiger partial charge in [0.15, 0.2) is 0 Å². The van der Waals surface area contributed by atoms with Gasteiger partial charge in [0, 0.05) is 0 Å². The third-order valence-corrected chi connectivity index (χ3v) is 4.68. The van der Waals surface area contributed by atoms with E-state index >= 15 is 0 Å². The molecule has 4 heteroatoms.